The SMILES string of the molecule is Cn1c(-c2ccco2)nc(Cl)c1CCO. The van der Waals surface area contributed by atoms with Crippen molar-refractivity contribution in [3.8, 4) is 11.6 Å². The maximum atomic E-state index is 8.89. The van der Waals surface area contributed by atoms with Gasteiger partial charge in [0.25, 0.3) is 0 Å². The highest BCUT2D eigenvalue weighted by molar-refractivity contribution is 6.30. The van der Waals surface area contributed by atoms with Crippen LogP contribution in [0.2, 0.25) is 5.15 Å². The van der Waals surface area contributed by atoms with E-state index in [0.29, 0.717) is 23.2 Å². The van der Waals surface area contributed by atoms with Crippen LogP contribution in [0.1, 0.15) is 5.69 Å². The highest BCUT2D eigenvalue weighted by Crippen LogP contribution is 2.24. The molecule has 15 heavy (non-hydrogen) atoms. The second kappa shape index (κ2) is 4.08. The summed E-state index contributed by atoms with van der Waals surface area (Å²) in [5.74, 6) is 1.34. The van der Waals surface area contributed by atoms with Crippen LogP contribution in [0.3, 0.4) is 0 Å². The number of furan rings is 1. The minimum Gasteiger partial charge on any atom is -0.461 e. The van der Waals surface area contributed by atoms with Crippen molar-refractivity contribution in [2.45, 2.75) is 6.42 Å². The number of rotatable bonds is 3. The zero-order valence-corrected chi connectivity index (χ0v) is 9.03. The van der Waals surface area contributed by atoms with E-state index in [1.165, 1.54) is 0 Å². The molecule has 0 spiro atoms. The fourth-order valence-corrected chi connectivity index (χ4v) is 1.80. The summed E-state index contributed by atoms with van der Waals surface area (Å²) >= 11 is 5.96. The van der Waals surface area contributed by atoms with Gasteiger partial charge in [-0.05, 0) is 12.1 Å². The maximum Gasteiger partial charge on any atom is 0.177 e. The van der Waals surface area contributed by atoms with Crippen molar-refractivity contribution in [1.82, 2.24) is 9.55 Å². The molecule has 0 aliphatic rings. The lowest BCUT2D eigenvalue weighted by Gasteiger charge is -2.02. The Morgan fingerprint density at radius 3 is 3.00 bits per heavy atom. The van der Waals surface area contributed by atoms with Crippen LogP contribution in [0.4, 0.5) is 0 Å². The van der Waals surface area contributed by atoms with E-state index in [1.807, 2.05) is 17.7 Å². The molecule has 0 fully saturated rings. The first-order chi connectivity index (χ1) is 7.24. The van der Waals surface area contributed by atoms with E-state index in [1.54, 1.807) is 12.3 Å². The lowest BCUT2D eigenvalue weighted by molar-refractivity contribution is 0.297. The van der Waals surface area contributed by atoms with Crippen LogP contribution in [0.5, 0.6) is 0 Å². The third-order valence-corrected chi connectivity index (χ3v) is 2.56. The molecule has 2 aromatic rings. The zero-order chi connectivity index (χ0) is 10.8. The Bertz CT molecular complexity index is 448. The lowest BCUT2D eigenvalue weighted by Crippen LogP contribution is -2.01. The largest absolute Gasteiger partial charge is 0.461 e. The predicted octanol–water partition coefficient (Wildman–Crippen LogP) is 1.87. The average Bonchev–Trinajstić information content (AvgIpc) is 2.81. The molecule has 0 atom stereocenters. The molecule has 0 saturated heterocycles. The molecule has 1 N–H and O–H groups in total. The summed E-state index contributed by atoms with van der Waals surface area (Å²) in [6.07, 6.45) is 2.08. The van der Waals surface area contributed by atoms with Gasteiger partial charge in [-0.2, -0.15) is 0 Å². The van der Waals surface area contributed by atoms with Crippen LogP contribution in [-0.2, 0) is 13.5 Å². The Labute approximate surface area is 92.1 Å². The van der Waals surface area contributed by atoms with Crippen molar-refractivity contribution in [3.05, 3.63) is 29.2 Å². The summed E-state index contributed by atoms with van der Waals surface area (Å²) in [5, 5.41) is 9.30. The first kappa shape index (κ1) is 10.3. The Balaban J connectivity index is 2.46. The molecular formula is C10H11ClN2O2. The van der Waals surface area contributed by atoms with Crippen LogP contribution < -0.4 is 0 Å². The third-order valence-electron chi connectivity index (χ3n) is 2.25. The summed E-state index contributed by atoms with van der Waals surface area (Å²) in [6.45, 7) is 0.0524. The van der Waals surface area contributed by atoms with Gasteiger partial charge in [0.05, 0.1) is 12.0 Å². The number of hydrogen-bond acceptors (Lipinski definition) is 3. The van der Waals surface area contributed by atoms with Crippen LogP contribution >= 0.6 is 11.6 Å². The number of aromatic nitrogens is 2. The van der Waals surface area contributed by atoms with Crippen molar-refractivity contribution in [2.24, 2.45) is 7.05 Å². The minimum absolute atomic E-state index is 0.0524. The molecule has 4 nitrogen and oxygen atoms in total. The van der Waals surface area contributed by atoms with Gasteiger partial charge in [-0.3, -0.25) is 0 Å². The van der Waals surface area contributed by atoms with Gasteiger partial charge in [0, 0.05) is 20.1 Å². The standard InChI is InChI=1S/C10H11ClN2O2/c1-13-7(4-5-14)9(11)12-10(13)8-3-2-6-15-8/h2-3,6,14H,4-5H2,1H3. The highest BCUT2D eigenvalue weighted by atomic mass is 35.5. The molecule has 0 saturated carbocycles. The van der Waals surface area contributed by atoms with Gasteiger partial charge in [0.2, 0.25) is 0 Å². The summed E-state index contributed by atoms with van der Waals surface area (Å²) in [6, 6.07) is 3.62. The smallest absolute Gasteiger partial charge is 0.177 e. The third kappa shape index (κ3) is 1.78. The Morgan fingerprint density at radius 1 is 1.60 bits per heavy atom. The molecule has 80 valence electrons. The van der Waals surface area contributed by atoms with E-state index in [4.69, 9.17) is 21.1 Å². The van der Waals surface area contributed by atoms with E-state index < -0.39 is 0 Å². The van der Waals surface area contributed by atoms with Crippen molar-refractivity contribution in [1.29, 1.82) is 0 Å². The van der Waals surface area contributed by atoms with Gasteiger partial charge in [0.15, 0.2) is 16.7 Å². The van der Waals surface area contributed by atoms with E-state index >= 15 is 0 Å². The van der Waals surface area contributed by atoms with Crippen LogP contribution in [0, 0.1) is 0 Å². The molecule has 2 rings (SSSR count). The fourth-order valence-electron chi connectivity index (χ4n) is 1.50. The topological polar surface area (TPSA) is 51.2 Å². The van der Waals surface area contributed by atoms with Gasteiger partial charge < -0.3 is 14.1 Å². The molecule has 2 aromatic heterocycles. The normalized spacial score (nSPS) is 10.9. The van der Waals surface area contributed by atoms with E-state index in [0.717, 1.165) is 5.69 Å². The summed E-state index contributed by atoms with van der Waals surface area (Å²) < 4.78 is 7.07. The monoisotopic (exact) mass is 226 g/mol. The number of aliphatic hydroxyl groups excluding tert-OH is 1. The first-order valence-corrected chi connectivity index (χ1v) is 4.97. The predicted molar refractivity (Wildman–Crippen MR) is 56.7 cm³/mol. The minimum atomic E-state index is 0.0524. The van der Waals surface area contributed by atoms with E-state index in [-0.39, 0.29) is 6.61 Å². The lowest BCUT2D eigenvalue weighted by atomic mass is 10.3. The van der Waals surface area contributed by atoms with Gasteiger partial charge in [0.1, 0.15) is 0 Å². The van der Waals surface area contributed by atoms with E-state index in [9.17, 15) is 0 Å². The summed E-state index contributed by atoms with van der Waals surface area (Å²) in [5.41, 5.74) is 0.811. The van der Waals surface area contributed by atoms with E-state index in [2.05, 4.69) is 4.98 Å². The van der Waals surface area contributed by atoms with Crippen molar-refractivity contribution >= 4 is 11.6 Å². The van der Waals surface area contributed by atoms with Gasteiger partial charge >= 0.3 is 0 Å². The van der Waals surface area contributed by atoms with Crippen molar-refractivity contribution < 1.29 is 9.52 Å². The molecule has 0 unspecified atom stereocenters. The van der Waals surface area contributed by atoms with Gasteiger partial charge in [-0.1, -0.05) is 11.6 Å². The molecule has 0 aliphatic carbocycles. The molecule has 5 heteroatoms. The van der Waals surface area contributed by atoms with Crippen LogP contribution in [0.15, 0.2) is 22.8 Å². The number of hydrogen-bond donors (Lipinski definition) is 1. The average molecular weight is 227 g/mol. The first-order valence-electron chi connectivity index (χ1n) is 4.60. The van der Waals surface area contributed by atoms with Crippen molar-refractivity contribution in [2.75, 3.05) is 6.61 Å². The number of imidazole rings is 1. The Morgan fingerprint density at radius 2 is 2.40 bits per heavy atom. The quantitative estimate of drug-likeness (QED) is 0.869. The fraction of sp³-hybridized carbons (Fsp3) is 0.300. The molecule has 0 amide bonds. The molecular weight excluding hydrogens is 216 g/mol. The highest BCUT2D eigenvalue weighted by Gasteiger charge is 2.15. The molecule has 0 bridgehead atoms. The number of aliphatic hydroxyl groups is 1. The number of nitrogens with zero attached hydrogens (tertiary/aromatic N) is 2. The van der Waals surface area contributed by atoms with Crippen LogP contribution in [-0.4, -0.2) is 21.3 Å². The summed E-state index contributed by atoms with van der Waals surface area (Å²) in [7, 11) is 1.85. The second-order valence-electron chi connectivity index (χ2n) is 3.18. The molecule has 2 heterocycles. The second-order valence-corrected chi connectivity index (χ2v) is 3.54. The summed E-state index contributed by atoms with van der Waals surface area (Å²) in [4.78, 5) is 4.19. The van der Waals surface area contributed by atoms with Crippen LogP contribution in [0.25, 0.3) is 11.6 Å². The van der Waals surface area contributed by atoms with Gasteiger partial charge in [-0.25, -0.2) is 4.98 Å². The maximum absolute atomic E-state index is 8.89. The Hall–Kier alpha value is -1.26. The molecule has 0 radical (unpaired) electrons. The van der Waals surface area contributed by atoms with Gasteiger partial charge in [-0.15, -0.1) is 0 Å². The molecule has 0 aliphatic heterocycles. The molecule has 0 aromatic carbocycles. The Kier molecular flexibility index (Phi) is 2.79. The van der Waals surface area contributed by atoms with Crippen molar-refractivity contribution in [3.63, 3.8) is 0 Å². The number of halogens is 1. The zero-order valence-electron chi connectivity index (χ0n) is 8.27.